The normalized spacial score (nSPS) is 11.7. The van der Waals surface area contributed by atoms with Gasteiger partial charge < -0.3 is 29.6 Å². The summed E-state index contributed by atoms with van der Waals surface area (Å²) in [6, 6.07) is 6.04. The van der Waals surface area contributed by atoms with E-state index >= 15 is 0 Å². The molecule has 3 aromatic rings. The number of aromatic nitrogens is 2. The molecule has 2 aromatic heterocycles. The number of aliphatic imine (C=N–C) groups is 1. The first-order valence-electron chi connectivity index (χ1n) is 10.8. The zero-order chi connectivity index (χ0) is 22.2. The van der Waals surface area contributed by atoms with Crippen molar-refractivity contribution in [1.82, 2.24) is 20.8 Å². The van der Waals surface area contributed by atoms with E-state index in [0.717, 1.165) is 83.3 Å². The first-order chi connectivity index (χ1) is 15.1. The summed E-state index contributed by atoms with van der Waals surface area (Å²) in [6.07, 6.45) is 3.56. The Morgan fingerprint density at radius 3 is 2.65 bits per heavy atom. The highest BCUT2D eigenvalue weighted by molar-refractivity contribution is 5.88. The standard InChI is InChI=1S/C23H33N5O3/c1-6-19-18(21(7-2)31-28-19)14-26-23(24-3)25-10-8-9-15-11-17-20(27-15)12-16(29-4)13-22(17)30-5/h11-13,27H,6-10,14H2,1-5H3,(H2,24,25,26). The van der Waals surface area contributed by atoms with Crippen LogP contribution in [0.25, 0.3) is 10.9 Å². The van der Waals surface area contributed by atoms with E-state index in [4.69, 9.17) is 14.0 Å². The van der Waals surface area contributed by atoms with Gasteiger partial charge in [-0.3, -0.25) is 4.99 Å². The molecule has 0 saturated carbocycles. The summed E-state index contributed by atoms with van der Waals surface area (Å²) in [4.78, 5) is 7.79. The van der Waals surface area contributed by atoms with Gasteiger partial charge in [0, 0.05) is 55.3 Å². The van der Waals surface area contributed by atoms with Gasteiger partial charge >= 0.3 is 0 Å². The van der Waals surface area contributed by atoms with Crippen LogP contribution in [0.3, 0.4) is 0 Å². The van der Waals surface area contributed by atoms with Crippen molar-refractivity contribution in [3.63, 3.8) is 0 Å². The summed E-state index contributed by atoms with van der Waals surface area (Å²) < 4.78 is 16.3. The Balaban J connectivity index is 1.52. The number of hydrogen-bond acceptors (Lipinski definition) is 5. The van der Waals surface area contributed by atoms with E-state index in [1.807, 2.05) is 12.1 Å². The molecule has 31 heavy (non-hydrogen) atoms. The number of methoxy groups -OCH3 is 2. The predicted octanol–water partition coefficient (Wildman–Crippen LogP) is 3.60. The number of nitrogens with one attached hydrogen (secondary N) is 3. The minimum Gasteiger partial charge on any atom is -0.497 e. The van der Waals surface area contributed by atoms with Crippen molar-refractivity contribution in [2.24, 2.45) is 4.99 Å². The highest BCUT2D eigenvalue weighted by atomic mass is 16.5. The molecule has 0 fully saturated rings. The molecule has 0 atom stereocenters. The van der Waals surface area contributed by atoms with Crippen molar-refractivity contribution in [2.75, 3.05) is 27.8 Å². The number of aryl methyl sites for hydroxylation is 3. The van der Waals surface area contributed by atoms with Gasteiger partial charge in [0.1, 0.15) is 17.3 Å². The van der Waals surface area contributed by atoms with Crippen LogP contribution in [0.2, 0.25) is 0 Å². The van der Waals surface area contributed by atoms with E-state index in [1.54, 1.807) is 21.3 Å². The van der Waals surface area contributed by atoms with Gasteiger partial charge in [0.05, 0.1) is 25.4 Å². The first-order valence-corrected chi connectivity index (χ1v) is 10.8. The molecule has 8 heteroatoms. The lowest BCUT2D eigenvalue weighted by molar-refractivity contribution is 0.380. The number of hydrogen-bond donors (Lipinski definition) is 3. The molecule has 8 nitrogen and oxygen atoms in total. The highest BCUT2D eigenvalue weighted by Crippen LogP contribution is 2.31. The van der Waals surface area contributed by atoms with E-state index in [9.17, 15) is 0 Å². The molecule has 0 aliphatic carbocycles. The largest absolute Gasteiger partial charge is 0.497 e. The SMILES string of the molecule is CCc1noc(CC)c1CNC(=NC)NCCCc1cc2c(OC)cc(OC)cc2[nH]1. The number of aromatic amines is 1. The molecule has 0 spiro atoms. The minimum atomic E-state index is 0.652. The first kappa shape index (κ1) is 22.5. The zero-order valence-corrected chi connectivity index (χ0v) is 19.1. The topological polar surface area (TPSA) is 96.7 Å². The number of nitrogens with zero attached hydrogens (tertiary/aromatic N) is 2. The zero-order valence-electron chi connectivity index (χ0n) is 19.1. The summed E-state index contributed by atoms with van der Waals surface area (Å²) in [5.41, 5.74) is 4.32. The van der Waals surface area contributed by atoms with Gasteiger partial charge in [-0.1, -0.05) is 19.0 Å². The summed E-state index contributed by atoms with van der Waals surface area (Å²) >= 11 is 0. The van der Waals surface area contributed by atoms with Gasteiger partial charge in [-0.2, -0.15) is 0 Å². The van der Waals surface area contributed by atoms with Gasteiger partial charge in [-0.05, 0) is 25.3 Å². The van der Waals surface area contributed by atoms with Crippen LogP contribution < -0.4 is 20.1 Å². The molecule has 0 unspecified atom stereocenters. The fourth-order valence-corrected chi connectivity index (χ4v) is 3.67. The van der Waals surface area contributed by atoms with Crippen LogP contribution in [0.1, 0.15) is 43.0 Å². The molecule has 0 radical (unpaired) electrons. The molecule has 0 amide bonds. The second kappa shape index (κ2) is 10.7. The second-order valence-corrected chi connectivity index (χ2v) is 7.28. The van der Waals surface area contributed by atoms with Crippen LogP contribution in [0.4, 0.5) is 0 Å². The molecular formula is C23H33N5O3. The van der Waals surface area contributed by atoms with Gasteiger partial charge in [0.15, 0.2) is 5.96 Å². The maximum Gasteiger partial charge on any atom is 0.191 e. The van der Waals surface area contributed by atoms with Crippen LogP contribution in [0.5, 0.6) is 11.5 Å². The van der Waals surface area contributed by atoms with Gasteiger partial charge in [-0.25, -0.2) is 0 Å². The van der Waals surface area contributed by atoms with E-state index in [0.29, 0.717) is 6.54 Å². The second-order valence-electron chi connectivity index (χ2n) is 7.28. The van der Waals surface area contributed by atoms with Gasteiger partial charge in [0.2, 0.25) is 0 Å². The molecule has 2 heterocycles. The van der Waals surface area contributed by atoms with Crippen LogP contribution in [0.15, 0.2) is 27.7 Å². The van der Waals surface area contributed by atoms with Crippen molar-refractivity contribution >= 4 is 16.9 Å². The Morgan fingerprint density at radius 2 is 1.97 bits per heavy atom. The van der Waals surface area contributed by atoms with Crippen molar-refractivity contribution in [2.45, 2.75) is 46.1 Å². The Labute approximate surface area is 183 Å². The van der Waals surface area contributed by atoms with Crippen LogP contribution >= 0.6 is 0 Å². The van der Waals surface area contributed by atoms with Gasteiger partial charge in [-0.15, -0.1) is 0 Å². The molecule has 0 bridgehead atoms. The lowest BCUT2D eigenvalue weighted by Gasteiger charge is -2.12. The lowest BCUT2D eigenvalue weighted by Crippen LogP contribution is -2.37. The van der Waals surface area contributed by atoms with Crippen molar-refractivity contribution in [3.8, 4) is 11.5 Å². The van der Waals surface area contributed by atoms with Crippen LogP contribution in [-0.4, -0.2) is 43.9 Å². The predicted molar refractivity (Wildman–Crippen MR) is 123 cm³/mol. The van der Waals surface area contributed by atoms with Crippen LogP contribution in [-0.2, 0) is 25.8 Å². The lowest BCUT2D eigenvalue weighted by atomic mass is 10.1. The van der Waals surface area contributed by atoms with E-state index in [-0.39, 0.29) is 0 Å². The Bertz CT molecular complexity index is 1000. The number of guanidine groups is 1. The molecule has 1 aromatic carbocycles. The number of benzene rings is 1. The molecule has 0 aliphatic heterocycles. The quantitative estimate of drug-likeness (QED) is 0.260. The molecule has 168 valence electrons. The average molecular weight is 428 g/mol. The monoisotopic (exact) mass is 427 g/mol. The number of H-pyrrole nitrogens is 1. The smallest absolute Gasteiger partial charge is 0.191 e. The van der Waals surface area contributed by atoms with Crippen LogP contribution in [0, 0.1) is 0 Å². The minimum absolute atomic E-state index is 0.652. The summed E-state index contributed by atoms with van der Waals surface area (Å²) in [7, 11) is 5.12. The average Bonchev–Trinajstić information content (AvgIpc) is 3.40. The summed E-state index contributed by atoms with van der Waals surface area (Å²) in [6.45, 7) is 5.62. The maximum absolute atomic E-state index is 5.50. The number of ether oxygens (including phenoxy) is 2. The number of fused-ring (bicyclic) bond motifs is 1. The fourth-order valence-electron chi connectivity index (χ4n) is 3.67. The summed E-state index contributed by atoms with van der Waals surface area (Å²) in [5, 5.41) is 12.0. The maximum atomic E-state index is 5.50. The third kappa shape index (κ3) is 5.31. The Kier molecular flexibility index (Phi) is 7.81. The van der Waals surface area contributed by atoms with Gasteiger partial charge in [0.25, 0.3) is 0 Å². The third-order valence-corrected chi connectivity index (χ3v) is 5.36. The molecule has 3 rings (SSSR count). The number of rotatable bonds is 10. The molecule has 3 N–H and O–H groups in total. The van der Waals surface area contributed by atoms with E-state index < -0.39 is 0 Å². The molecule has 0 saturated heterocycles. The van der Waals surface area contributed by atoms with E-state index in [1.165, 1.54) is 0 Å². The Hall–Kier alpha value is -3.16. The third-order valence-electron chi connectivity index (χ3n) is 5.36. The summed E-state index contributed by atoms with van der Waals surface area (Å²) in [5.74, 6) is 3.30. The fraction of sp³-hybridized carbons (Fsp3) is 0.478. The molecule has 0 aliphatic rings. The van der Waals surface area contributed by atoms with E-state index in [2.05, 4.69) is 45.7 Å². The Morgan fingerprint density at radius 1 is 1.13 bits per heavy atom. The van der Waals surface area contributed by atoms with Crippen molar-refractivity contribution in [1.29, 1.82) is 0 Å². The van der Waals surface area contributed by atoms with Crippen molar-refractivity contribution in [3.05, 3.63) is 40.9 Å². The highest BCUT2D eigenvalue weighted by Gasteiger charge is 2.13. The van der Waals surface area contributed by atoms with Crippen molar-refractivity contribution < 1.29 is 14.0 Å². The molecular weight excluding hydrogens is 394 g/mol.